The quantitative estimate of drug-likeness (QED) is 0.684. The Bertz CT molecular complexity index is 222. The molecular weight excluding hydrogens is 206 g/mol. The van der Waals surface area contributed by atoms with Crippen molar-refractivity contribution in [1.29, 1.82) is 0 Å². The van der Waals surface area contributed by atoms with E-state index in [4.69, 9.17) is 0 Å². The number of nitrogens with zero attached hydrogens (tertiary/aromatic N) is 1. The Morgan fingerprint density at radius 1 is 1.44 bits per heavy atom. The van der Waals surface area contributed by atoms with Crippen LogP contribution in [0.2, 0.25) is 0 Å². The van der Waals surface area contributed by atoms with Gasteiger partial charge in [-0.3, -0.25) is 0 Å². The molecule has 16 heavy (non-hydrogen) atoms. The molecule has 0 spiro atoms. The summed E-state index contributed by atoms with van der Waals surface area (Å²) in [6.07, 6.45) is 2.48. The van der Waals surface area contributed by atoms with Gasteiger partial charge in [-0.1, -0.05) is 31.9 Å². The molecule has 4 nitrogen and oxygen atoms in total. The van der Waals surface area contributed by atoms with Gasteiger partial charge in [0.2, 0.25) is 0 Å². The Kier molecular flexibility index (Phi) is 5.35. The summed E-state index contributed by atoms with van der Waals surface area (Å²) in [4.78, 5) is 10.1. The summed E-state index contributed by atoms with van der Waals surface area (Å²) < 4.78 is 0. The molecule has 0 bridgehead atoms. The van der Waals surface area contributed by atoms with Crippen molar-refractivity contribution in [2.45, 2.75) is 51.7 Å². The summed E-state index contributed by atoms with van der Waals surface area (Å²) in [5.41, 5.74) is 0. The first-order valence-electron chi connectivity index (χ1n) is 6.25. The molecule has 0 aromatic heterocycles. The largest absolute Gasteiger partial charge is 0.393 e. The topological polar surface area (TPSA) is 69.9 Å². The summed E-state index contributed by atoms with van der Waals surface area (Å²) in [5.74, 6) is 1.12. The minimum Gasteiger partial charge on any atom is -0.393 e. The van der Waals surface area contributed by atoms with E-state index < -0.39 is 6.10 Å². The molecule has 1 saturated carbocycles. The summed E-state index contributed by atoms with van der Waals surface area (Å²) in [5, 5.41) is 22.3. The first-order chi connectivity index (χ1) is 7.60. The molecule has 0 saturated heterocycles. The normalized spacial score (nSPS) is 36.2. The molecule has 0 aromatic carbocycles. The predicted molar refractivity (Wildman–Crippen MR) is 63.0 cm³/mol. The Balaban J connectivity index is 2.56. The number of hydrogen-bond acceptors (Lipinski definition) is 4. The number of aliphatic hydroxyl groups excluding tert-OH is 2. The van der Waals surface area contributed by atoms with E-state index >= 15 is 0 Å². The zero-order chi connectivity index (χ0) is 12.1. The molecule has 1 aliphatic carbocycles. The van der Waals surface area contributed by atoms with Crippen molar-refractivity contribution < 1.29 is 10.2 Å². The predicted octanol–water partition coefficient (Wildman–Crippen LogP) is 1.94. The highest BCUT2D eigenvalue weighted by Crippen LogP contribution is 2.42. The molecular formula is C12H23NO3. The van der Waals surface area contributed by atoms with Crippen molar-refractivity contribution in [3.8, 4) is 0 Å². The lowest BCUT2D eigenvalue weighted by Crippen LogP contribution is -2.26. The van der Waals surface area contributed by atoms with E-state index in [0.29, 0.717) is 18.3 Å². The van der Waals surface area contributed by atoms with E-state index in [1.807, 2.05) is 0 Å². The Morgan fingerprint density at radius 2 is 2.12 bits per heavy atom. The van der Waals surface area contributed by atoms with Crippen molar-refractivity contribution >= 4 is 0 Å². The highest BCUT2D eigenvalue weighted by atomic mass is 16.3. The van der Waals surface area contributed by atoms with Gasteiger partial charge in [-0.15, -0.1) is 0 Å². The lowest BCUT2D eigenvalue weighted by atomic mass is 9.83. The maximum absolute atomic E-state index is 10.1. The molecule has 0 radical (unpaired) electrons. The second-order valence-electron chi connectivity index (χ2n) is 5.10. The fraction of sp³-hybridized carbons (Fsp3) is 1.00. The maximum atomic E-state index is 10.1. The fourth-order valence-corrected chi connectivity index (χ4v) is 3.08. The van der Waals surface area contributed by atoms with Crippen LogP contribution in [0.4, 0.5) is 0 Å². The number of nitroso groups, excluding NO2 is 1. The first-order valence-corrected chi connectivity index (χ1v) is 6.25. The van der Waals surface area contributed by atoms with Crippen LogP contribution in [0.5, 0.6) is 0 Å². The van der Waals surface area contributed by atoms with Gasteiger partial charge in [-0.05, 0) is 30.6 Å². The van der Waals surface area contributed by atoms with Gasteiger partial charge in [0.15, 0.2) is 0 Å². The molecule has 0 aliphatic heterocycles. The van der Waals surface area contributed by atoms with Gasteiger partial charge in [-0.2, -0.15) is 4.91 Å². The van der Waals surface area contributed by atoms with Crippen LogP contribution in [0.25, 0.3) is 0 Å². The van der Waals surface area contributed by atoms with Crippen LogP contribution in [0.3, 0.4) is 0 Å². The van der Waals surface area contributed by atoms with E-state index in [1.54, 1.807) is 0 Å². The highest BCUT2D eigenvalue weighted by Gasteiger charge is 2.40. The Labute approximate surface area is 97.0 Å². The van der Waals surface area contributed by atoms with E-state index in [1.165, 1.54) is 0 Å². The van der Waals surface area contributed by atoms with Gasteiger partial charge in [0.05, 0.1) is 12.2 Å². The van der Waals surface area contributed by atoms with E-state index in [0.717, 1.165) is 19.3 Å². The van der Waals surface area contributed by atoms with Crippen LogP contribution < -0.4 is 0 Å². The third-order valence-corrected chi connectivity index (χ3v) is 3.84. The summed E-state index contributed by atoms with van der Waals surface area (Å²) in [6.45, 7) is 4.24. The molecule has 0 heterocycles. The lowest BCUT2D eigenvalue weighted by Gasteiger charge is -2.25. The van der Waals surface area contributed by atoms with Crippen LogP contribution in [0, 0.1) is 22.7 Å². The van der Waals surface area contributed by atoms with E-state index in [-0.39, 0.29) is 18.6 Å². The average Bonchev–Trinajstić information content (AvgIpc) is 2.46. The zero-order valence-corrected chi connectivity index (χ0v) is 10.2. The highest BCUT2D eigenvalue weighted by molar-refractivity contribution is 4.90. The van der Waals surface area contributed by atoms with Gasteiger partial charge in [0.1, 0.15) is 6.54 Å². The molecule has 0 amide bonds. The number of hydrogen-bond donors (Lipinski definition) is 2. The molecule has 1 fully saturated rings. The van der Waals surface area contributed by atoms with E-state index in [9.17, 15) is 15.1 Å². The van der Waals surface area contributed by atoms with Gasteiger partial charge in [0.25, 0.3) is 0 Å². The lowest BCUT2D eigenvalue weighted by molar-refractivity contribution is 0.0653. The SMILES string of the molecule is CCC[C@@H]1[C@@H](CC(O)CN=O)[C@@H](O)C[C@H]1C. The molecule has 5 atom stereocenters. The molecule has 1 unspecified atom stereocenters. The summed E-state index contributed by atoms with van der Waals surface area (Å²) in [6, 6.07) is 0. The van der Waals surface area contributed by atoms with Crippen LogP contribution in [-0.4, -0.2) is 29.0 Å². The van der Waals surface area contributed by atoms with Crippen molar-refractivity contribution in [1.82, 2.24) is 0 Å². The number of aliphatic hydroxyl groups is 2. The molecule has 4 heteroatoms. The zero-order valence-electron chi connectivity index (χ0n) is 10.2. The van der Waals surface area contributed by atoms with Crippen LogP contribution in [-0.2, 0) is 0 Å². The monoisotopic (exact) mass is 229 g/mol. The number of rotatable bonds is 6. The smallest absolute Gasteiger partial charge is 0.107 e. The van der Waals surface area contributed by atoms with Crippen molar-refractivity contribution in [2.75, 3.05) is 6.54 Å². The second kappa shape index (κ2) is 6.30. The molecule has 94 valence electrons. The third kappa shape index (κ3) is 3.25. The van der Waals surface area contributed by atoms with Gasteiger partial charge >= 0.3 is 0 Å². The van der Waals surface area contributed by atoms with Gasteiger partial charge in [-0.25, -0.2) is 0 Å². The average molecular weight is 229 g/mol. The third-order valence-electron chi connectivity index (χ3n) is 3.84. The van der Waals surface area contributed by atoms with Gasteiger partial charge < -0.3 is 10.2 Å². The minimum absolute atomic E-state index is 0.0591. The van der Waals surface area contributed by atoms with Crippen LogP contribution in [0.1, 0.15) is 39.5 Å². The molecule has 1 aliphatic rings. The minimum atomic E-state index is -0.693. The standard InChI is InChI=1S/C12H23NO3/c1-3-4-10-8(2)5-12(15)11(10)6-9(14)7-13-16/h8-12,14-15H,3-7H2,1-2H3/t8-,9?,10+,11-,12+/m1/s1. The second-order valence-corrected chi connectivity index (χ2v) is 5.10. The first kappa shape index (κ1) is 13.6. The van der Waals surface area contributed by atoms with Crippen molar-refractivity contribution in [3.63, 3.8) is 0 Å². The van der Waals surface area contributed by atoms with Crippen LogP contribution in [0.15, 0.2) is 5.18 Å². The van der Waals surface area contributed by atoms with Crippen molar-refractivity contribution in [3.05, 3.63) is 4.91 Å². The van der Waals surface area contributed by atoms with Gasteiger partial charge in [0, 0.05) is 0 Å². The maximum Gasteiger partial charge on any atom is 0.107 e. The molecule has 0 aromatic rings. The molecule has 1 rings (SSSR count). The van der Waals surface area contributed by atoms with Crippen molar-refractivity contribution in [2.24, 2.45) is 22.9 Å². The van der Waals surface area contributed by atoms with E-state index in [2.05, 4.69) is 19.0 Å². The summed E-state index contributed by atoms with van der Waals surface area (Å²) in [7, 11) is 0. The fourth-order valence-electron chi connectivity index (χ4n) is 3.08. The Morgan fingerprint density at radius 3 is 2.69 bits per heavy atom. The Hall–Kier alpha value is -0.480. The molecule has 2 N–H and O–H groups in total. The van der Waals surface area contributed by atoms with Crippen LogP contribution >= 0.6 is 0 Å². The summed E-state index contributed by atoms with van der Waals surface area (Å²) >= 11 is 0.